The van der Waals surface area contributed by atoms with Crippen molar-refractivity contribution in [3.05, 3.63) is 116 Å². The lowest BCUT2D eigenvalue weighted by molar-refractivity contribution is -0.116. The van der Waals surface area contributed by atoms with E-state index in [0.29, 0.717) is 34.2 Å². The Kier molecular flexibility index (Phi) is 11.1. The number of rotatable bonds is 10. The molecule has 234 valence electrons. The van der Waals surface area contributed by atoms with Gasteiger partial charge in [-0.15, -0.1) is 23.1 Å². The molecular weight excluding hydrogens is 680 g/mol. The fourth-order valence-electron chi connectivity index (χ4n) is 5.15. The summed E-state index contributed by atoms with van der Waals surface area (Å²) in [5.41, 5.74) is 3.45. The summed E-state index contributed by atoms with van der Waals surface area (Å²) < 4.78 is 0.895. The minimum Gasteiger partial charge on any atom is -0.321 e. The predicted molar refractivity (Wildman–Crippen MR) is 190 cm³/mol. The Morgan fingerprint density at radius 2 is 1.83 bits per heavy atom. The zero-order valence-electron chi connectivity index (χ0n) is 25.4. The first-order chi connectivity index (χ1) is 22.2. The third-order valence-corrected chi connectivity index (χ3v) is 10.7. The van der Waals surface area contributed by atoms with Gasteiger partial charge in [-0.2, -0.15) is 5.26 Å². The molecule has 0 fully saturated rings. The van der Waals surface area contributed by atoms with E-state index in [1.165, 1.54) is 28.0 Å². The van der Waals surface area contributed by atoms with Crippen molar-refractivity contribution in [3.63, 3.8) is 0 Å². The van der Waals surface area contributed by atoms with Gasteiger partial charge in [0.25, 0.3) is 11.8 Å². The summed E-state index contributed by atoms with van der Waals surface area (Å²) in [6.45, 7) is 4.16. The number of hydrogen-bond acceptors (Lipinski definition) is 6. The van der Waals surface area contributed by atoms with Crippen LogP contribution in [-0.4, -0.2) is 23.0 Å². The first-order valence-corrected chi connectivity index (χ1v) is 17.5. The summed E-state index contributed by atoms with van der Waals surface area (Å²) in [5.74, 6) is -0.478. The monoisotopic (exact) mass is 712 g/mol. The maximum Gasteiger partial charge on any atom is 0.272 e. The number of fused-ring (bicyclic) bond motifs is 1. The summed E-state index contributed by atoms with van der Waals surface area (Å²) in [6, 6.07) is 25.7. The molecule has 46 heavy (non-hydrogen) atoms. The standard InChI is InChI=1S/C36H33BrN4O3S2/c1-3-31(35(44)41-36-29(21-38)28-17-12-22(2)18-32(28)46-36)45-27-11-7-10-26(20-27)39-34(43)30(19-23-13-15-25(37)16-14-23)40-33(42)24-8-5-4-6-9-24/h4-11,13-16,19-20,22,31H,3,12,17-18H2,1-2H3,(H,39,43)(H,40,42)(H,41,44)/b30-19+. The van der Waals surface area contributed by atoms with Crippen LogP contribution in [0.3, 0.4) is 0 Å². The minimum atomic E-state index is -0.487. The number of carbonyl (C=O) groups excluding carboxylic acids is 3. The number of amides is 3. The van der Waals surface area contributed by atoms with Gasteiger partial charge >= 0.3 is 0 Å². The molecule has 1 aliphatic rings. The number of benzene rings is 3. The molecule has 0 bridgehead atoms. The Bertz CT molecular complexity index is 1810. The summed E-state index contributed by atoms with van der Waals surface area (Å²) in [5, 5.41) is 18.8. The van der Waals surface area contributed by atoms with Gasteiger partial charge in [0.2, 0.25) is 5.91 Å². The third kappa shape index (κ3) is 8.35. The van der Waals surface area contributed by atoms with E-state index in [2.05, 4.69) is 44.9 Å². The van der Waals surface area contributed by atoms with Crippen molar-refractivity contribution in [3.8, 4) is 6.07 Å². The largest absolute Gasteiger partial charge is 0.321 e. The molecule has 0 aliphatic heterocycles. The van der Waals surface area contributed by atoms with E-state index in [1.54, 1.807) is 42.5 Å². The number of nitriles is 1. The van der Waals surface area contributed by atoms with Gasteiger partial charge in [-0.25, -0.2) is 0 Å². The van der Waals surface area contributed by atoms with Gasteiger partial charge in [-0.3, -0.25) is 14.4 Å². The molecule has 1 aromatic heterocycles. The van der Waals surface area contributed by atoms with E-state index in [1.807, 2.05) is 49.4 Å². The second kappa shape index (κ2) is 15.4. The van der Waals surface area contributed by atoms with Crippen LogP contribution in [0.5, 0.6) is 0 Å². The Morgan fingerprint density at radius 3 is 2.54 bits per heavy atom. The van der Waals surface area contributed by atoms with Crippen LogP contribution >= 0.6 is 39.0 Å². The molecule has 3 amide bonds. The quantitative estimate of drug-likeness (QED) is 0.113. The molecule has 1 heterocycles. The van der Waals surface area contributed by atoms with Gasteiger partial charge in [-0.05, 0) is 91.3 Å². The topological polar surface area (TPSA) is 111 Å². The summed E-state index contributed by atoms with van der Waals surface area (Å²) in [7, 11) is 0. The normalized spacial score (nSPS) is 14.8. The fraction of sp³-hybridized carbons (Fsp3) is 0.222. The lowest BCUT2D eigenvalue weighted by atomic mass is 9.88. The average Bonchev–Trinajstić information content (AvgIpc) is 3.40. The molecule has 5 rings (SSSR count). The molecule has 0 saturated carbocycles. The second-order valence-corrected chi connectivity index (χ2v) is 14.4. The van der Waals surface area contributed by atoms with Crippen LogP contribution in [0.2, 0.25) is 0 Å². The van der Waals surface area contributed by atoms with Gasteiger partial charge in [0.15, 0.2) is 0 Å². The van der Waals surface area contributed by atoms with Gasteiger partial charge in [0.1, 0.15) is 16.8 Å². The molecule has 3 N–H and O–H groups in total. The zero-order valence-corrected chi connectivity index (χ0v) is 28.7. The van der Waals surface area contributed by atoms with E-state index in [4.69, 9.17) is 0 Å². The van der Waals surface area contributed by atoms with E-state index in [9.17, 15) is 19.6 Å². The van der Waals surface area contributed by atoms with Crippen molar-refractivity contribution in [2.24, 2.45) is 5.92 Å². The van der Waals surface area contributed by atoms with Crippen molar-refractivity contribution < 1.29 is 14.4 Å². The molecule has 7 nitrogen and oxygen atoms in total. The summed E-state index contributed by atoms with van der Waals surface area (Å²) in [4.78, 5) is 41.9. The van der Waals surface area contributed by atoms with Crippen LogP contribution in [-0.2, 0) is 22.4 Å². The fourth-order valence-corrected chi connectivity index (χ4v) is 7.79. The lowest BCUT2D eigenvalue weighted by Gasteiger charge is -2.17. The average molecular weight is 714 g/mol. The summed E-state index contributed by atoms with van der Waals surface area (Å²) >= 11 is 6.34. The summed E-state index contributed by atoms with van der Waals surface area (Å²) in [6.07, 6.45) is 5.05. The molecular formula is C36H33BrN4O3S2. The second-order valence-electron chi connectivity index (χ2n) is 11.1. The number of thioether (sulfide) groups is 1. The molecule has 1 aliphatic carbocycles. The van der Waals surface area contributed by atoms with Gasteiger partial charge in [0, 0.05) is 25.5 Å². The Balaban J connectivity index is 1.30. The highest BCUT2D eigenvalue weighted by atomic mass is 79.9. The Hall–Kier alpha value is -4.17. The highest BCUT2D eigenvalue weighted by molar-refractivity contribution is 9.10. The first-order valence-electron chi connectivity index (χ1n) is 15.0. The van der Waals surface area contributed by atoms with Gasteiger partial charge in [0.05, 0.1) is 10.8 Å². The first kappa shape index (κ1) is 33.2. The van der Waals surface area contributed by atoms with E-state index in [0.717, 1.165) is 39.8 Å². The minimum absolute atomic E-state index is 0.0846. The Morgan fingerprint density at radius 1 is 1.07 bits per heavy atom. The lowest BCUT2D eigenvalue weighted by Crippen LogP contribution is -2.30. The Labute approximate surface area is 285 Å². The van der Waals surface area contributed by atoms with E-state index < -0.39 is 17.1 Å². The van der Waals surface area contributed by atoms with Crippen molar-refractivity contribution in [2.75, 3.05) is 10.6 Å². The number of halogens is 1. The third-order valence-electron chi connectivity index (χ3n) is 7.60. The van der Waals surface area contributed by atoms with Crippen LogP contribution in [0, 0.1) is 17.2 Å². The highest BCUT2D eigenvalue weighted by Crippen LogP contribution is 2.40. The molecule has 3 aromatic carbocycles. The predicted octanol–water partition coefficient (Wildman–Crippen LogP) is 8.43. The van der Waals surface area contributed by atoms with Crippen LogP contribution < -0.4 is 16.0 Å². The number of thiophene rings is 1. The van der Waals surface area contributed by atoms with Gasteiger partial charge in [-0.1, -0.05) is 66.2 Å². The molecule has 4 aromatic rings. The number of nitrogens with one attached hydrogen (secondary N) is 3. The van der Waals surface area contributed by atoms with E-state index in [-0.39, 0.29) is 11.6 Å². The number of carbonyl (C=O) groups is 3. The van der Waals surface area contributed by atoms with E-state index >= 15 is 0 Å². The molecule has 10 heteroatoms. The van der Waals surface area contributed by atoms with Crippen LogP contribution in [0.4, 0.5) is 10.7 Å². The number of nitrogens with zero attached hydrogens (tertiary/aromatic N) is 1. The van der Waals surface area contributed by atoms with Crippen molar-refractivity contribution in [1.29, 1.82) is 5.26 Å². The molecule has 0 spiro atoms. The SMILES string of the molecule is CCC(Sc1cccc(NC(=O)/C(=C\c2ccc(Br)cc2)NC(=O)c2ccccc2)c1)C(=O)Nc1sc2c(c1C#N)CCC(C)C2. The number of anilines is 2. The highest BCUT2D eigenvalue weighted by Gasteiger charge is 2.27. The van der Waals surface area contributed by atoms with Crippen LogP contribution in [0.15, 0.2) is 93.9 Å². The van der Waals surface area contributed by atoms with Crippen molar-refractivity contribution in [1.82, 2.24) is 5.32 Å². The maximum absolute atomic E-state index is 13.5. The molecule has 2 unspecified atom stereocenters. The molecule has 0 radical (unpaired) electrons. The zero-order chi connectivity index (χ0) is 32.6. The van der Waals surface area contributed by atoms with Gasteiger partial charge < -0.3 is 16.0 Å². The van der Waals surface area contributed by atoms with Crippen LogP contribution in [0.1, 0.15) is 58.6 Å². The molecule has 2 atom stereocenters. The smallest absolute Gasteiger partial charge is 0.272 e. The maximum atomic E-state index is 13.5. The van der Waals surface area contributed by atoms with Crippen molar-refractivity contribution >= 4 is 73.5 Å². The number of hydrogen-bond donors (Lipinski definition) is 3. The molecule has 0 saturated heterocycles. The van der Waals surface area contributed by atoms with Crippen molar-refractivity contribution in [2.45, 2.75) is 49.7 Å². The van der Waals surface area contributed by atoms with Crippen LogP contribution in [0.25, 0.3) is 6.08 Å².